The van der Waals surface area contributed by atoms with Crippen LogP contribution in [0, 0.1) is 6.92 Å². The number of carbonyl (C=O) groups excluding carboxylic acids is 1. The Balaban J connectivity index is 2.30. The van der Waals surface area contributed by atoms with E-state index >= 15 is 0 Å². The van der Waals surface area contributed by atoms with E-state index in [1.165, 1.54) is 0 Å². The lowest BCUT2D eigenvalue weighted by Crippen LogP contribution is -2.33. The molecule has 1 unspecified atom stereocenters. The zero-order valence-electron chi connectivity index (χ0n) is 7.33. The molecule has 1 heterocycles. The highest BCUT2D eigenvalue weighted by atomic mass is 16.3. The molecule has 1 amide bonds. The van der Waals surface area contributed by atoms with Gasteiger partial charge >= 0.3 is 0 Å². The van der Waals surface area contributed by atoms with Crippen LogP contribution in [0.15, 0.2) is 0 Å². The van der Waals surface area contributed by atoms with Gasteiger partial charge in [0, 0.05) is 25.6 Å². The lowest BCUT2D eigenvalue weighted by Gasteiger charge is -2.20. The number of likely N-dealkylation sites (tertiary alicyclic amines) is 1. The summed E-state index contributed by atoms with van der Waals surface area (Å²) >= 11 is 0. The lowest BCUT2D eigenvalue weighted by molar-refractivity contribution is -0.131. The van der Waals surface area contributed by atoms with Crippen molar-refractivity contribution in [3.05, 3.63) is 6.92 Å². The normalized spacial score (nSPS) is 23.2. The van der Waals surface area contributed by atoms with Crippen LogP contribution in [0.1, 0.15) is 25.7 Å². The molecule has 0 bridgehead atoms. The summed E-state index contributed by atoms with van der Waals surface area (Å²) in [5, 5.41) is 8.54. The van der Waals surface area contributed by atoms with Gasteiger partial charge in [0.15, 0.2) is 0 Å². The minimum absolute atomic E-state index is 0.0986. The summed E-state index contributed by atoms with van der Waals surface area (Å²) in [4.78, 5) is 13.2. The van der Waals surface area contributed by atoms with E-state index in [0.29, 0.717) is 12.8 Å². The standard InChI is InChI=1S/C9H16NO2/c1-8-4-2-6-10(8)9(12)5-3-7-11/h8,11H,1-7H2. The van der Waals surface area contributed by atoms with Crippen molar-refractivity contribution in [1.82, 2.24) is 4.90 Å². The molecule has 0 spiro atoms. The van der Waals surface area contributed by atoms with Crippen molar-refractivity contribution < 1.29 is 9.90 Å². The van der Waals surface area contributed by atoms with Crippen molar-refractivity contribution in [1.29, 1.82) is 0 Å². The second-order valence-electron chi connectivity index (χ2n) is 3.21. The van der Waals surface area contributed by atoms with E-state index in [2.05, 4.69) is 6.92 Å². The van der Waals surface area contributed by atoms with Gasteiger partial charge in [0.1, 0.15) is 0 Å². The fourth-order valence-electron chi connectivity index (χ4n) is 1.54. The molecule has 0 aromatic rings. The molecule has 1 saturated heterocycles. The maximum absolute atomic E-state index is 11.4. The minimum Gasteiger partial charge on any atom is -0.396 e. The maximum Gasteiger partial charge on any atom is 0.222 e. The van der Waals surface area contributed by atoms with Gasteiger partial charge in [-0.3, -0.25) is 4.79 Å². The summed E-state index contributed by atoms with van der Waals surface area (Å²) in [6.07, 6.45) is 3.12. The number of amides is 1. The Morgan fingerprint density at radius 3 is 2.92 bits per heavy atom. The monoisotopic (exact) mass is 170 g/mol. The SMILES string of the molecule is [CH2]C1CCCN1C(=O)CCCO. The minimum atomic E-state index is 0.0986. The van der Waals surface area contributed by atoms with Gasteiger partial charge in [-0.15, -0.1) is 0 Å². The molecule has 1 fully saturated rings. The Morgan fingerprint density at radius 1 is 1.67 bits per heavy atom. The zero-order valence-corrected chi connectivity index (χ0v) is 7.33. The molecule has 0 aromatic heterocycles. The number of aliphatic hydroxyl groups is 1. The molecule has 0 aliphatic carbocycles. The van der Waals surface area contributed by atoms with Crippen LogP contribution in [-0.2, 0) is 4.79 Å². The van der Waals surface area contributed by atoms with Gasteiger partial charge in [-0.05, 0) is 26.2 Å². The van der Waals surface area contributed by atoms with Gasteiger partial charge < -0.3 is 10.0 Å². The number of nitrogens with zero attached hydrogens (tertiary/aromatic N) is 1. The molecule has 3 nitrogen and oxygen atoms in total. The molecule has 0 aromatic carbocycles. The van der Waals surface area contributed by atoms with E-state index in [4.69, 9.17) is 5.11 Å². The molecule has 1 radical (unpaired) electrons. The third kappa shape index (κ3) is 2.21. The first kappa shape index (κ1) is 9.52. The summed E-state index contributed by atoms with van der Waals surface area (Å²) in [6, 6.07) is 0.163. The Labute approximate surface area is 73.4 Å². The number of aliphatic hydroxyl groups excluding tert-OH is 1. The smallest absolute Gasteiger partial charge is 0.222 e. The van der Waals surface area contributed by atoms with Crippen molar-refractivity contribution >= 4 is 5.91 Å². The highest BCUT2D eigenvalue weighted by Gasteiger charge is 2.24. The van der Waals surface area contributed by atoms with Gasteiger partial charge in [0.05, 0.1) is 0 Å². The van der Waals surface area contributed by atoms with Crippen LogP contribution in [0.4, 0.5) is 0 Å². The molecule has 1 N–H and O–H groups in total. The average Bonchev–Trinajstić information content (AvgIpc) is 2.47. The first-order chi connectivity index (χ1) is 5.75. The van der Waals surface area contributed by atoms with E-state index in [0.717, 1.165) is 19.4 Å². The van der Waals surface area contributed by atoms with Crippen molar-refractivity contribution in [2.24, 2.45) is 0 Å². The van der Waals surface area contributed by atoms with Gasteiger partial charge in [0.2, 0.25) is 5.91 Å². The average molecular weight is 170 g/mol. The number of carbonyl (C=O) groups is 1. The number of hydrogen-bond donors (Lipinski definition) is 1. The Bertz CT molecular complexity index is 159. The van der Waals surface area contributed by atoms with Crippen LogP contribution in [-0.4, -0.2) is 35.1 Å². The maximum atomic E-state index is 11.4. The Morgan fingerprint density at radius 2 is 2.42 bits per heavy atom. The summed E-state index contributed by atoms with van der Waals surface area (Å²) in [5.74, 6) is 0.140. The second-order valence-corrected chi connectivity index (χ2v) is 3.21. The van der Waals surface area contributed by atoms with Crippen LogP contribution < -0.4 is 0 Å². The Kier molecular flexibility index (Phi) is 3.53. The van der Waals surface area contributed by atoms with Crippen molar-refractivity contribution in [3.63, 3.8) is 0 Å². The first-order valence-corrected chi connectivity index (χ1v) is 4.49. The molecule has 0 saturated carbocycles. The molecule has 3 heteroatoms. The predicted molar refractivity (Wildman–Crippen MR) is 46.4 cm³/mol. The predicted octanol–water partition coefficient (Wildman–Crippen LogP) is 0.584. The highest BCUT2D eigenvalue weighted by molar-refractivity contribution is 5.76. The molecule has 1 atom stereocenters. The fraction of sp³-hybridized carbons (Fsp3) is 0.778. The lowest BCUT2D eigenvalue weighted by atomic mass is 10.2. The first-order valence-electron chi connectivity index (χ1n) is 4.49. The van der Waals surface area contributed by atoms with Crippen molar-refractivity contribution in [2.45, 2.75) is 31.7 Å². The van der Waals surface area contributed by atoms with Crippen LogP contribution in [0.2, 0.25) is 0 Å². The Hall–Kier alpha value is -0.570. The molecule has 1 rings (SSSR count). The van der Waals surface area contributed by atoms with Gasteiger partial charge in [-0.1, -0.05) is 0 Å². The van der Waals surface area contributed by atoms with Crippen LogP contribution >= 0.6 is 0 Å². The zero-order chi connectivity index (χ0) is 8.97. The third-order valence-electron chi connectivity index (χ3n) is 2.25. The van der Waals surface area contributed by atoms with Crippen LogP contribution in [0.25, 0.3) is 0 Å². The van der Waals surface area contributed by atoms with E-state index in [1.807, 2.05) is 4.90 Å². The second kappa shape index (κ2) is 4.45. The van der Waals surface area contributed by atoms with Gasteiger partial charge in [-0.2, -0.15) is 0 Å². The molecule has 1 aliphatic heterocycles. The fourth-order valence-corrected chi connectivity index (χ4v) is 1.54. The van der Waals surface area contributed by atoms with Crippen molar-refractivity contribution in [3.8, 4) is 0 Å². The molecule has 12 heavy (non-hydrogen) atoms. The molecular formula is C9H16NO2. The summed E-state index contributed by atoms with van der Waals surface area (Å²) in [7, 11) is 0. The quantitative estimate of drug-likeness (QED) is 0.673. The van der Waals surface area contributed by atoms with Gasteiger partial charge in [-0.25, -0.2) is 0 Å². The number of hydrogen-bond acceptors (Lipinski definition) is 2. The van der Waals surface area contributed by atoms with E-state index in [1.54, 1.807) is 0 Å². The summed E-state index contributed by atoms with van der Waals surface area (Å²) in [5.41, 5.74) is 0. The van der Waals surface area contributed by atoms with Crippen molar-refractivity contribution in [2.75, 3.05) is 13.2 Å². The molecule has 1 aliphatic rings. The van der Waals surface area contributed by atoms with Crippen LogP contribution in [0.3, 0.4) is 0 Å². The van der Waals surface area contributed by atoms with E-state index < -0.39 is 0 Å². The van der Waals surface area contributed by atoms with Gasteiger partial charge in [0.25, 0.3) is 0 Å². The van der Waals surface area contributed by atoms with E-state index in [-0.39, 0.29) is 18.6 Å². The molecular weight excluding hydrogens is 154 g/mol. The topological polar surface area (TPSA) is 40.5 Å². The molecule has 69 valence electrons. The largest absolute Gasteiger partial charge is 0.396 e. The summed E-state index contributed by atoms with van der Waals surface area (Å²) < 4.78 is 0. The summed E-state index contributed by atoms with van der Waals surface area (Å²) in [6.45, 7) is 4.83. The number of rotatable bonds is 3. The van der Waals surface area contributed by atoms with Crippen LogP contribution in [0.5, 0.6) is 0 Å². The highest BCUT2D eigenvalue weighted by Crippen LogP contribution is 2.17. The third-order valence-corrected chi connectivity index (χ3v) is 2.25. The van der Waals surface area contributed by atoms with E-state index in [9.17, 15) is 4.79 Å².